The molecule has 0 aliphatic carbocycles. The van der Waals surface area contributed by atoms with Crippen LogP contribution >= 0.6 is 0 Å². The van der Waals surface area contributed by atoms with E-state index in [0.717, 1.165) is 19.3 Å². The van der Waals surface area contributed by atoms with Gasteiger partial charge in [0.1, 0.15) is 0 Å². The van der Waals surface area contributed by atoms with Gasteiger partial charge in [-0.15, -0.1) is 4.83 Å². The Labute approximate surface area is 127 Å². The fourth-order valence-corrected chi connectivity index (χ4v) is 3.96. The molecule has 1 saturated heterocycles. The SMILES string of the molecule is CC(O)c1ccc(S(=O)(=O)NN2C(C)CCCC2C)cc1. The van der Waals surface area contributed by atoms with Crippen molar-refractivity contribution < 1.29 is 13.5 Å². The Balaban J connectivity index is 2.17. The third-order valence-corrected chi connectivity index (χ3v) is 5.44. The number of nitrogens with zero attached hydrogens (tertiary/aromatic N) is 1. The molecule has 0 spiro atoms. The third kappa shape index (κ3) is 3.83. The number of sulfonamides is 1. The normalized spacial score (nSPS) is 25.7. The lowest BCUT2D eigenvalue weighted by molar-refractivity contribution is 0.0790. The van der Waals surface area contributed by atoms with Gasteiger partial charge in [-0.2, -0.15) is 0 Å². The molecule has 1 aromatic rings. The molecule has 3 unspecified atom stereocenters. The summed E-state index contributed by atoms with van der Waals surface area (Å²) in [4.78, 5) is 2.92. The van der Waals surface area contributed by atoms with Gasteiger partial charge in [0.25, 0.3) is 10.0 Å². The third-order valence-electron chi connectivity index (χ3n) is 4.09. The predicted octanol–water partition coefficient (Wildman–Crippen LogP) is 2.20. The van der Waals surface area contributed by atoms with Crippen molar-refractivity contribution in [3.63, 3.8) is 0 Å². The van der Waals surface area contributed by atoms with Crippen LogP contribution in [0.15, 0.2) is 29.2 Å². The van der Waals surface area contributed by atoms with Crippen LogP contribution in [-0.2, 0) is 10.0 Å². The second-order valence-electron chi connectivity index (χ2n) is 5.88. The largest absolute Gasteiger partial charge is 0.389 e. The fraction of sp³-hybridized carbons (Fsp3) is 0.600. The van der Waals surface area contributed by atoms with E-state index in [1.54, 1.807) is 19.1 Å². The lowest BCUT2D eigenvalue weighted by Crippen LogP contribution is -2.53. The molecule has 2 rings (SSSR count). The molecule has 0 bridgehead atoms. The first-order valence-corrected chi connectivity index (χ1v) is 8.88. The zero-order valence-electron chi connectivity index (χ0n) is 12.8. The Morgan fingerprint density at radius 3 is 2.19 bits per heavy atom. The lowest BCUT2D eigenvalue weighted by atomic mass is 10.0. The summed E-state index contributed by atoms with van der Waals surface area (Å²) in [6.07, 6.45) is 2.52. The van der Waals surface area contributed by atoms with Crippen molar-refractivity contribution in [1.29, 1.82) is 0 Å². The molecule has 0 amide bonds. The number of hydrazine groups is 1. The van der Waals surface area contributed by atoms with Gasteiger partial charge in [-0.05, 0) is 51.3 Å². The minimum atomic E-state index is -3.57. The van der Waals surface area contributed by atoms with Crippen molar-refractivity contribution in [3.8, 4) is 0 Å². The Bertz CT molecular complexity index is 559. The molecule has 5 nitrogen and oxygen atoms in total. The molecule has 1 aliphatic heterocycles. The highest BCUT2D eigenvalue weighted by Gasteiger charge is 2.29. The molecule has 0 aromatic heterocycles. The van der Waals surface area contributed by atoms with E-state index in [0.29, 0.717) is 5.56 Å². The molecule has 0 saturated carbocycles. The molecule has 2 N–H and O–H groups in total. The van der Waals surface area contributed by atoms with Crippen LogP contribution in [0.25, 0.3) is 0 Å². The van der Waals surface area contributed by atoms with Gasteiger partial charge < -0.3 is 5.11 Å². The van der Waals surface area contributed by atoms with E-state index in [-0.39, 0.29) is 17.0 Å². The summed E-state index contributed by atoms with van der Waals surface area (Å²) in [6, 6.07) is 6.73. The number of nitrogens with one attached hydrogen (secondary N) is 1. The van der Waals surface area contributed by atoms with Crippen LogP contribution in [0.1, 0.15) is 51.7 Å². The van der Waals surface area contributed by atoms with E-state index in [4.69, 9.17) is 0 Å². The highest BCUT2D eigenvalue weighted by molar-refractivity contribution is 7.89. The summed E-state index contributed by atoms with van der Waals surface area (Å²) < 4.78 is 24.9. The van der Waals surface area contributed by atoms with Crippen molar-refractivity contribution in [2.75, 3.05) is 0 Å². The van der Waals surface area contributed by atoms with Gasteiger partial charge >= 0.3 is 0 Å². The summed E-state index contributed by atoms with van der Waals surface area (Å²) in [7, 11) is -3.57. The number of benzene rings is 1. The summed E-state index contributed by atoms with van der Waals surface area (Å²) in [5.74, 6) is 0. The summed E-state index contributed by atoms with van der Waals surface area (Å²) in [6.45, 7) is 5.72. The molecule has 0 radical (unpaired) electrons. The van der Waals surface area contributed by atoms with Crippen LogP contribution in [0.2, 0.25) is 0 Å². The van der Waals surface area contributed by atoms with Crippen LogP contribution < -0.4 is 4.83 Å². The highest BCUT2D eigenvalue weighted by Crippen LogP contribution is 2.22. The summed E-state index contributed by atoms with van der Waals surface area (Å²) in [5, 5.41) is 11.3. The minimum absolute atomic E-state index is 0.195. The summed E-state index contributed by atoms with van der Waals surface area (Å²) in [5.41, 5.74) is 0.702. The monoisotopic (exact) mass is 312 g/mol. The van der Waals surface area contributed by atoms with Gasteiger partial charge in [0.15, 0.2) is 0 Å². The second kappa shape index (κ2) is 6.44. The van der Waals surface area contributed by atoms with Crippen LogP contribution in [0, 0.1) is 0 Å². The first-order valence-electron chi connectivity index (χ1n) is 7.40. The van der Waals surface area contributed by atoms with Gasteiger partial charge in [-0.3, -0.25) is 0 Å². The van der Waals surface area contributed by atoms with Crippen molar-refractivity contribution in [1.82, 2.24) is 9.84 Å². The van der Waals surface area contributed by atoms with Crippen LogP contribution in [0.4, 0.5) is 0 Å². The Morgan fingerprint density at radius 2 is 1.71 bits per heavy atom. The maximum atomic E-state index is 12.5. The van der Waals surface area contributed by atoms with Crippen LogP contribution in [0.3, 0.4) is 0 Å². The number of hydrogen-bond acceptors (Lipinski definition) is 4. The Morgan fingerprint density at radius 1 is 1.19 bits per heavy atom. The first kappa shape index (κ1) is 16.4. The van der Waals surface area contributed by atoms with Crippen LogP contribution in [0.5, 0.6) is 0 Å². The molecule has 6 heteroatoms. The smallest absolute Gasteiger partial charge is 0.253 e. The van der Waals surface area contributed by atoms with Crippen molar-refractivity contribution in [2.45, 2.75) is 63.1 Å². The van der Waals surface area contributed by atoms with E-state index in [1.807, 2.05) is 18.9 Å². The van der Waals surface area contributed by atoms with E-state index in [9.17, 15) is 13.5 Å². The van der Waals surface area contributed by atoms with Crippen molar-refractivity contribution in [3.05, 3.63) is 29.8 Å². The van der Waals surface area contributed by atoms with Gasteiger partial charge in [0.05, 0.1) is 11.0 Å². The molecular weight excluding hydrogens is 288 g/mol. The number of piperidine rings is 1. The average Bonchev–Trinajstić information content (AvgIpc) is 2.43. The molecule has 3 atom stereocenters. The van der Waals surface area contributed by atoms with Gasteiger partial charge in [0, 0.05) is 12.1 Å². The second-order valence-corrected chi connectivity index (χ2v) is 7.54. The minimum Gasteiger partial charge on any atom is -0.389 e. The number of rotatable bonds is 4. The maximum Gasteiger partial charge on any atom is 0.253 e. The van der Waals surface area contributed by atoms with Gasteiger partial charge in [-0.25, -0.2) is 13.4 Å². The number of hydrogen-bond donors (Lipinski definition) is 2. The Kier molecular flexibility index (Phi) is 5.03. The van der Waals surface area contributed by atoms with Crippen LogP contribution in [-0.4, -0.2) is 30.6 Å². The predicted molar refractivity (Wildman–Crippen MR) is 82.0 cm³/mol. The maximum absolute atomic E-state index is 12.5. The van der Waals surface area contributed by atoms with Crippen molar-refractivity contribution >= 4 is 10.0 Å². The molecular formula is C15H24N2O3S. The molecule has 118 valence electrons. The molecule has 21 heavy (non-hydrogen) atoms. The summed E-state index contributed by atoms with van der Waals surface area (Å²) >= 11 is 0. The van der Waals surface area contributed by atoms with E-state index in [1.165, 1.54) is 12.1 Å². The molecule has 1 aliphatic rings. The molecule has 1 fully saturated rings. The van der Waals surface area contributed by atoms with Gasteiger partial charge in [0.2, 0.25) is 0 Å². The van der Waals surface area contributed by atoms with E-state index >= 15 is 0 Å². The average molecular weight is 312 g/mol. The first-order chi connectivity index (χ1) is 9.81. The standard InChI is InChI=1S/C15H24N2O3S/c1-11-5-4-6-12(2)17(11)16-21(19,20)15-9-7-14(8-10-15)13(3)18/h7-13,16,18H,4-6H2,1-3H3. The fourth-order valence-electron chi connectivity index (χ4n) is 2.72. The van der Waals surface area contributed by atoms with Gasteiger partial charge in [-0.1, -0.05) is 18.6 Å². The topological polar surface area (TPSA) is 69.6 Å². The van der Waals surface area contributed by atoms with E-state index in [2.05, 4.69) is 4.83 Å². The van der Waals surface area contributed by atoms with E-state index < -0.39 is 16.1 Å². The number of aliphatic hydroxyl groups excluding tert-OH is 1. The quantitative estimate of drug-likeness (QED) is 0.894. The number of aliphatic hydroxyl groups is 1. The molecule has 1 aromatic carbocycles. The highest BCUT2D eigenvalue weighted by atomic mass is 32.2. The van der Waals surface area contributed by atoms with Crippen molar-refractivity contribution in [2.24, 2.45) is 0 Å². The zero-order valence-corrected chi connectivity index (χ0v) is 13.6. The zero-order chi connectivity index (χ0) is 15.6. The lowest BCUT2D eigenvalue weighted by Gasteiger charge is -2.38. The molecule has 1 heterocycles. The Hall–Kier alpha value is -0.950.